The summed E-state index contributed by atoms with van der Waals surface area (Å²) in [5.74, 6) is -0.408. The predicted molar refractivity (Wildman–Crippen MR) is 91.5 cm³/mol. The quantitative estimate of drug-likeness (QED) is 0.932. The van der Waals surface area contributed by atoms with E-state index < -0.39 is 0 Å². The Labute approximate surface area is 141 Å². The van der Waals surface area contributed by atoms with Crippen LogP contribution in [0.15, 0.2) is 18.5 Å². The number of hydrogen-bond acceptors (Lipinski definition) is 4. The van der Waals surface area contributed by atoms with Crippen LogP contribution in [-0.2, 0) is 9.59 Å². The SMILES string of the molecule is CC(C)N1CC(C(=O)Nc2cnc3c(cnn3C(C)C)c2)CC1=O. The van der Waals surface area contributed by atoms with E-state index in [4.69, 9.17) is 0 Å². The first-order valence-electron chi connectivity index (χ1n) is 8.30. The minimum Gasteiger partial charge on any atom is -0.339 e. The lowest BCUT2D eigenvalue weighted by atomic mass is 10.1. The van der Waals surface area contributed by atoms with E-state index in [9.17, 15) is 9.59 Å². The Morgan fingerprint density at radius 1 is 1.25 bits per heavy atom. The fourth-order valence-electron chi connectivity index (χ4n) is 3.04. The lowest BCUT2D eigenvalue weighted by molar-refractivity contribution is -0.129. The van der Waals surface area contributed by atoms with Crippen molar-refractivity contribution in [3.8, 4) is 0 Å². The Bertz CT molecular complexity index is 780. The summed E-state index contributed by atoms with van der Waals surface area (Å²) in [6.45, 7) is 8.48. The molecule has 7 nitrogen and oxygen atoms in total. The summed E-state index contributed by atoms with van der Waals surface area (Å²) in [7, 11) is 0. The molecule has 1 aliphatic rings. The molecule has 1 atom stereocenters. The average molecular weight is 329 g/mol. The van der Waals surface area contributed by atoms with Crippen molar-refractivity contribution < 1.29 is 9.59 Å². The van der Waals surface area contributed by atoms with Gasteiger partial charge in [0, 0.05) is 30.4 Å². The molecule has 2 aromatic heterocycles. The lowest BCUT2D eigenvalue weighted by Crippen LogP contribution is -2.33. The molecule has 0 saturated carbocycles. The maximum absolute atomic E-state index is 12.4. The third-order valence-electron chi connectivity index (χ3n) is 4.34. The standard InChI is InChI=1S/C17H23N5O2/c1-10(2)21-9-13(6-15(21)23)17(24)20-14-5-12-7-19-22(11(3)4)16(12)18-8-14/h5,7-8,10-11,13H,6,9H2,1-4H3,(H,20,24). The van der Waals surface area contributed by atoms with Gasteiger partial charge in [0.1, 0.15) is 0 Å². The summed E-state index contributed by atoms with van der Waals surface area (Å²) >= 11 is 0. The first kappa shape index (κ1) is 16.4. The number of rotatable bonds is 4. The summed E-state index contributed by atoms with van der Waals surface area (Å²) < 4.78 is 1.84. The highest BCUT2D eigenvalue weighted by Crippen LogP contribution is 2.23. The summed E-state index contributed by atoms with van der Waals surface area (Å²) in [6.07, 6.45) is 3.65. The highest BCUT2D eigenvalue weighted by Gasteiger charge is 2.35. The number of anilines is 1. The summed E-state index contributed by atoms with van der Waals surface area (Å²) in [5.41, 5.74) is 1.43. The monoisotopic (exact) mass is 329 g/mol. The molecule has 3 heterocycles. The smallest absolute Gasteiger partial charge is 0.229 e. The van der Waals surface area contributed by atoms with Gasteiger partial charge >= 0.3 is 0 Å². The molecule has 0 bridgehead atoms. The molecular weight excluding hydrogens is 306 g/mol. The van der Waals surface area contributed by atoms with E-state index in [1.165, 1.54) is 0 Å². The molecule has 1 saturated heterocycles. The second-order valence-corrected chi connectivity index (χ2v) is 6.85. The number of hydrogen-bond donors (Lipinski definition) is 1. The molecular formula is C17H23N5O2. The van der Waals surface area contributed by atoms with Crippen LogP contribution in [0.5, 0.6) is 0 Å². The van der Waals surface area contributed by atoms with Crippen LogP contribution in [0.25, 0.3) is 11.0 Å². The minimum absolute atomic E-state index is 0.0388. The second kappa shape index (κ2) is 6.22. The largest absolute Gasteiger partial charge is 0.339 e. The highest BCUT2D eigenvalue weighted by molar-refractivity contribution is 5.98. The van der Waals surface area contributed by atoms with Gasteiger partial charge in [-0.15, -0.1) is 0 Å². The van der Waals surface area contributed by atoms with E-state index in [-0.39, 0.29) is 36.2 Å². The Kier molecular flexibility index (Phi) is 4.26. The van der Waals surface area contributed by atoms with Crippen molar-refractivity contribution in [2.24, 2.45) is 5.92 Å². The minimum atomic E-state index is -0.311. The third kappa shape index (κ3) is 2.98. The lowest BCUT2D eigenvalue weighted by Gasteiger charge is -2.20. The topological polar surface area (TPSA) is 80.1 Å². The van der Waals surface area contributed by atoms with Gasteiger partial charge in [-0.3, -0.25) is 9.59 Å². The van der Waals surface area contributed by atoms with Crippen molar-refractivity contribution in [3.63, 3.8) is 0 Å². The number of nitrogens with zero attached hydrogens (tertiary/aromatic N) is 4. The molecule has 0 aliphatic carbocycles. The highest BCUT2D eigenvalue weighted by atomic mass is 16.2. The molecule has 2 amide bonds. The Morgan fingerprint density at radius 2 is 2.00 bits per heavy atom. The van der Waals surface area contributed by atoms with E-state index in [0.717, 1.165) is 11.0 Å². The number of fused-ring (bicyclic) bond motifs is 1. The number of carbonyl (C=O) groups excluding carboxylic acids is 2. The van der Waals surface area contributed by atoms with Crippen LogP contribution < -0.4 is 5.32 Å². The first-order valence-corrected chi connectivity index (χ1v) is 8.30. The number of nitrogens with one attached hydrogen (secondary N) is 1. The van der Waals surface area contributed by atoms with Crippen LogP contribution >= 0.6 is 0 Å². The Hall–Kier alpha value is -2.44. The van der Waals surface area contributed by atoms with Gasteiger partial charge in [-0.25, -0.2) is 9.67 Å². The van der Waals surface area contributed by atoms with Crippen LogP contribution in [0, 0.1) is 5.92 Å². The number of aromatic nitrogens is 3. The predicted octanol–water partition coefficient (Wildman–Crippen LogP) is 2.21. The molecule has 2 aromatic rings. The third-order valence-corrected chi connectivity index (χ3v) is 4.34. The molecule has 7 heteroatoms. The molecule has 24 heavy (non-hydrogen) atoms. The van der Waals surface area contributed by atoms with Crippen molar-refractivity contribution in [3.05, 3.63) is 18.5 Å². The number of amides is 2. The van der Waals surface area contributed by atoms with Crippen molar-refractivity contribution in [1.82, 2.24) is 19.7 Å². The zero-order chi connectivity index (χ0) is 17.4. The Balaban J connectivity index is 1.73. The van der Waals surface area contributed by atoms with E-state index in [1.807, 2.05) is 38.4 Å². The first-order chi connectivity index (χ1) is 11.4. The molecule has 0 radical (unpaired) electrons. The van der Waals surface area contributed by atoms with E-state index in [1.54, 1.807) is 17.3 Å². The Morgan fingerprint density at radius 3 is 2.62 bits per heavy atom. The van der Waals surface area contributed by atoms with Gasteiger partial charge < -0.3 is 10.2 Å². The zero-order valence-electron chi connectivity index (χ0n) is 14.5. The van der Waals surface area contributed by atoms with Gasteiger partial charge in [-0.05, 0) is 33.8 Å². The van der Waals surface area contributed by atoms with Crippen LogP contribution in [0.1, 0.15) is 40.2 Å². The van der Waals surface area contributed by atoms with E-state index in [2.05, 4.69) is 15.4 Å². The second-order valence-electron chi connectivity index (χ2n) is 6.85. The van der Waals surface area contributed by atoms with E-state index >= 15 is 0 Å². The van der Waals surface area contributed by atoms with Gasteiger partial charge in [-0.1, -0.05) is 0 Å². The summed E-state index contributed by atoms with van der Waals surface area (Å²) in [5, 5.41) is 8.08. The molecule has 1 aliphatic heterocycles. The fourth-order valence-corrected chi connectivity index (χ4v) is 3.04. The van der Waals surface area contributed by atoms with Gasteiger partial charge in [0.2, 0.25) is 11.8 Å². The molecule has 0 aromatic carbocycles. The number of likely N-dealkylation sites (tertiary alicyclic amines) is 1. The molecule has 1 N–H and O–H groups in total. The van der Waals surface area contributed by atoms with Gasteiger partial charge in [0.15, 0.2) is 5.65 Å². The van der Waals surface area contributed by atoms with E-state index in [0.29, 0.717) is 12.2 Å². The van der Waals surface area contributed by atoms with Crippen molar-refractivity contribution in [2.45, 2.75) is 46.2 Å². The van der Waals surface area contributed by atoms with Gasteiger partial charge in [0.25, 0.3) is 0 Å². The number of pyridine rings is 1. The summed E-state index contributed by atoms with van der Waals surface area (Å²) in [6, 6.07) is 2.21. The normalized spacial score (nSPS) is 18.2. The van der Waals surface area contributed by atoms with Crippen LogP contribution in [-0.4, -0.2) is 44.1 Å². The van der Waals surface area contributed by atoms with Crippen molar-refractivity contribution in [1.29, 1.82) is 0 Å². The molecule has 128 valence electrons. The molecule has 3 rings (SSSR count). The number of carbonyl (C=O) groups is 2. The maximum Gasteiger partial charge on any atom is 0.229 e. The van der Waals surface area contributed by atoms with Crippen LogP contribution in [0.2, 0.25) is 0 Å². The summed E-state index contributed by atoms with van der Waals surface area (Å²) in [4.78, 5) is 30.5. The van der Waals surface area contributed by atoms with Crippen LogP contribution in [0.4, 0.5) is 5.69 Å². The zero-order valence-corrected chi connectivity index (χ0v) is 14.5. The van der Waals surface area contributed by atoms with Crippen molar-refractivity contribution >= 4 is 28.5 Å². The van der Waals surface area contributed by atoms with Crippen LogP contribution in [0.3, 0.4) is 0 Å². The molecule has 1 fully saturated rings. The fraction of sp³-hybridized carbons (Fsp3) is 0.529. The van der Waals surface area contributed by atoms with Crippen molar-refractivity contribution in [2.75, 3.05) is 11.9 Å². The average Bonchev–Trinajstić information content (AvgIpc) is 3.10. The van der Waals surface area contributed by atoms with Gasteiger partial charge in [-0.2, -0.15) is 5.10 Å². The molecule has 1 unspecified atom stereocenters. The van der Waals surface area contributed by atoms with Gasteiger partial charge in [0.05, 0.1) is 24.0 Å². The molecule has 0 spiro atoms. The maximum atomic E-state index is 12.4.